The van der Waals surface area contributed by atoms with Crippen LogP contribution in [-0.2, 0) is 6.42 Å². The lowest BCUT2D eigenvalue weighted by molar-refractivity contribution is 0.0949. The van der Waals surface area contributed by atoms with Crippen LogP contribution in [0.25, 0.3) is 0 Å². The van der Waals surface area contributed by atoms with Crippen molar-refractivity contribution in [2.75, 3.05) is 11.9 Å². The standard InChI is InChI=1S/C20H18ClFN4O/c1-13-24-18(12-19(25-13)26-17-8-4-15(21)5-9-17)20(27)23-11-10-14-2-6-16(22)7-3-14/h2-9,12H,10-11H2,1H3,(H,23,27)(H,24,25,26). The van der Waals surface area contributed by atoms with E-state index in [1.165, 1.54) is 12.1 Å². The highest BCUT2D eigenvalue weighted by atomic mass is 35.5. The third-order valence-electron chi connectivity index (χ3n) is 3.80. The van der Waals surface area contributed by atoms with Crippen LogP contribution in [0.5, 0.6) is 0 Å². The van der Waals surface area contributed by atoms with Gasteiger partial charge < -0.3 is 10.6 Å². The van der Waals surface area contributed by atoms with Gasteiger partial charge in [0.05, 0.1) is 0 Å². The van der Waals surface area contributed by atoms with Crippen LogP contribution in [0.15, 0.2) is 54.6 Å². The van der Waals surface area contributed by atoms with Crippen molar-refractivity contribution in [2.24, 2.45) is 0 Å². The zero-order chi connectivity index (χ0) is 19.2. The second kappa shape index (κ2) is 8.60. The Balaban J connectivity index is 1.63. The summed E-state index contributed by atoms with van der Waals surface area (Å²) >= 11 is 5.88. The van der Waals surface area contributed by atoms with Crippen LogP contribution in [0.1, 0.15) is 21.9 Å². The minimum atomic E-state index is -0.290. The van der Waals surface area contributed by atoms with Crippen LogP contribution in [0.4, 0.5) is 15.9 Å². The van der Waals surface area contributed by atoms with Gasteiger partial charge in [-0.1, -0.05) is 23.7 Å². The van der Waals surface area contributed by atoms with Crippen molar-refractivity contribution in [2.45, 2.75) is 13.3 Å². The molecule has 0 bridgehead atoms. The molecule has 0 unspecified atom stereocenters. The van der Waals surface area contributed by atoms with E-state index in [2.05, 4.69) is 20.6 Å². The predicted molar refractivity (Wildman–Crippen MR) is 104 cm³/mol. The number of hydrogen-bond donors (Lipinski definition) is 2. The van der Waals surface area contributed by atoms with E-state index < -0.39 is 0 Å². The molecule has 3 aromatic rings. The van der Waals surface area contributed by atoms with Gasteiger partial charge in [-0.2, -0.15) is 0 Å². The predicted octanol–water partition coefficient (Wildman–Crippen LogP) is 4.29. The fourth-order valence-corrected chi connectivity index (χ4v) is 2.62. The topological polar surface area (TPSA) is 66.9 Å². The summed E-state index contributed by atoms with van der Waals surface area (Å²) in [5, 5.41) is 6.59. The van der Waals surface area contributed by atoms with E-state index in [1.54, 1.807) is 37.3 Å². The van der Waals surface area contributed by atoms with Crippen molar-refractivity contribution in [1.29, 1.82) is 0 Å². The van der Waals surface area contributed by atoms with Gasteiger partial charge in [0, 0.05) is 23.3 Å². The number of carbonyl (C=O) groups excluding carboxylic acids is 1. The number of hydrogen-bond acceptors (Lipinski definition) is 4. The molecular formula is C20H18ClFN4O. The van der Waals surface area contributed by atoms with E-state index in [0.717, 1.165) is 11.3 Å². The summed E-state index contributed by atoms with van der Waals surface area (Å²) in [6, 6.07) is 15.0. The Kier molecular flexibility index (Phi) is 5.98. The molecule has 3 rings (SSSR count). The fourth-order valence-electron chi connectivity index (χ4n) is 2.49. The number of carbonyl (C=O) groups is 1. The molecule has 7 heteroatoms. The first-order chi connectivity index (χ1) is 13.0. The van der Waals surface area contributed by atoms with Gasteiger partial charge >= 0.3 is 0 Å². The van der Waals surface area contributed by atoms with Crippen LogP contribution in [0.2, 0.25) is 5.02 Å². The van der Waals surface area contributed by atoms with Crippen molar-refractivity contribution < 1.29 is 9.18 Å². The average Bonchev–Trinajstić information content (AvgIpc) is 2.65. The molecule has 0 radical (unpaired) electrons. The second-order valence-corrected chi connectivity index (χ2v) is 6.39. The molecule has 138 valence electrons. The molecule has 1 amide bonds. The molecule has 0 atom stereocenters. The third kappa shape index (κ3) is 5.49. The smallest absolute Gasteiger partial charge is 0.270 e. The van der Waals surface area contributed by atoms with Gasteiger partial charge in [0.1, 0.15) is 23.2 Å². The summed E-state index contributed by atoms with van der Waals surface area (Å²) in [7, 11) is 0. The fraction of sp³-hybridized carbons (Fsp3) is 0.150. The van der Waals surface area contributed by atoms with E-state index in [9.17, 15) is 9.18 Å². The number of amides is 1. The van der Waals surface area contributed by atoms with Gasteiger partial charge in [0.15, 0.2) is 0 Å². The monoisotopic (exact) mass is 384 g/mol. The largest absolute Gasteiger partial charge is 0.350 e. The zero-order valence-corrected chi connectivity index (χ0v) is 15.4. The summed E-state index contributed by atoms with van der Waals surface area (Å²) in [5.41, 5.74) is 2.03. The maximum Gasteiger partial charge on any atom is 0.270 e. The average molecular weight is 385 g/mol. The summed E-state index contributed by atoms with van der Waals surface area (Å²) in [6.07, 6.45) is 0.603. The minimum absolute atomic E-state index is 0.276. The number of aromatic nitrogens is 2. The number of nitrogens with one attached hydrogen (secondary N) is 2. The van der Waals surface area contributed by atoms with Gasteiger partial charge in [-0.3, -0.25) is 4.79 Å². The van der Waals surface area contributed by atoms with Crippen LogP contribution in [0, 0.1) is 12.7 Å². The molecule has 27 heavy (non-hydrogen) atoms. The highest BCUT2D eigenvalue weighted by molar-refractivity contribution is 6.30. The Labute approximate surface area is 161 Å². The molecule has 2 aromatic carbocycles. The Morgan fingerprint density at radius 1 is 1.07 bits per heavy atom. The van der Waals surface area contributed by atoms with Crippen molar-refractivity contribution in [1.82, 2.24) is 15.3 Å². The number of halogens is 2. The normalized spacial score (nSPS) is 10.5. The van der Waals surface area contributed by atoms with E-state index in [-0.39, 0.29) is 17.4 Å². The van der Waals surface area contributed by atoms with Crippen LogP contribution in [-0.4, -0.2) is 22.4 Å². The number of aryl methyl sites for hydroxylation is 1. The summed E-state index contributed by atoms with van der Waals surface area (Å²) in [5.74, 6) is 0.438. The lowest BCUT2D eigenvalue weighted by Gasteiger charge is -2.09. The Morgan fingerprint density at radius 2 is 1.78 bits per heavy atom. The van der Waals surface area contributed by atoms with E-state index in [4.69, 9.17) is 11.6 Å². The van der Waals surface area contributed by atoms with Crippen LogP contribution >= 0.6 is 11.6 Å². The molecule has 0 aliphatic rings. The molecule has 0 fully saturated rings. The van der Waals surface area contributed by atoms with Crippen molar-refractivity contribution in [3.8, 4) is 0 Å². The van der Waals surface area contributed by atoms with E-state index in [1.807, 2.05) is 12.1 Å². The maximum atomic E-state index is 12.9. The van der Waals surface area contributed by atoms with Crippen LogP contribution in [0.3, 0.4) is 0 Å². The number of benzene rings is 2. The first kappa shape index (κ1) is 18.8. The molecule has 0 saturated heterocycles. The molecular weight excluding hydrogens is 367 g/mol. The van der Waals surface area contributed by atoms with Gasteiger partial charge in [-0.05, 0) is 55.3 Å². The zero-order valence-electron chi connectivity index (χ0n) is 14.7. The Bertz CT molecular complexity index is 930. The van der Waals surface area contributed by atoms with E-state index >= 15 is 0 Å². The highest BCUT2D eigenvalue weighted by Gasteiger charge is 2.10. The summed E-state index contributed by atoms with van der Waals surface area (Å²) in [4.78, 5) is 20.9. The highest BCUT2D eigenvalue weighted by Crippen LogP contribution is 2.18. The molecule has 2 N–H and O–H groups in total. The van der Waals surface area contributed by atoms with Crippen LogP contribution < -0.4 is 10.6 Å². The third-order valence-corrected chi connectivity index (χ3v) is 4.05. The lowest BCUT2D eigenvalue weighted by atomic mass is 10.1. The SMILES string of the molecule is Cc1nc(Nc2ccc(Cl)cc2)cc(C(=O)NCCc2ccc(F)cc2)n1. The first-order valence-corrected chi connectivity index (χ1v) is 8.78. The number of rotatable bonds is 6. The molecule has 0 saturated carbocycles. The van der Waals surface area contributed by atoms with Gasteiger partial charge in [0.2, 0.25) is 0 Å². The van der Waals surface area contributed by atoms with Gasteiger partial charge in [-0.25, -0.2) is 14.4 Å². The molecule has 0 aliphatic heterocycles. The first-order valence-electron chi connectivity index (χ1n) is 8.40. The van der Waals surface area contributed by atoms with Crippen molar-refractivity contribution >= 4 is 29.0 Å². The lowest BCUT2D eigenvalue weighted by Crippen LogP contribution is -2.27. The Morgan fingerprint density at radius 3 is 2.48 bits per heavy atom. The molecule has 5 nitrogen and oxygen atoms in total. The minimum Gasteiger partial charge on any atom is -0.350 e. The van der Waals surface area contributed by atoms with Crippen molar-refractivity contribution in [3.05, 3.63) is 82.5 Å². The summed E-state index contributed by atoms with van der Waals surface area (Å²) < 4.78 is 12.9. The maximum absolute atomic E-state index is 12.9. The molecule has 1 heterocycles. The van der Waals surface area contributed by atoms with E-state index in [0.29, 0.717) is 29.6 Å². The summed E-state index contributed by atoms with van der Waals surface area (Å²) in [6.45, 7) is 2.15. The number of nitrogens with zero attached hydrogens (tertiary/aromatic N) is 2. The van der Waals surface area contributed by atoms with Gasteiger partial charge in [0.25, 0.3) is 5.91 Å². The molecule has 0 aliphatic carbocycles. The number of anilines is 2. The quantitative estimate of drug-likeness (QED) is 0.665. The van der Waals surface area contributed by atoms with Gasteiger partial charge in [-0.15, -0.1) is 0 Å². The van der Waals surface area contributed by atoms with Crippen molar-refractivity contribution in [3.63, 3.8) is 0 Å². The second-order valence-electron chi connectivity index (χ2n) is 5.95. The Hall–Kier alpha value is -2.99. The molecule has 0 spiro atoms. The molecule has 1 aromatic heterocycles.